The van der Waals surface area contributed by atoms with Crippen LogP contribution < -0.4 is 14.2 Å². The Bertz CT molecular complexity index is 1330. The van der Waals surface area contributed by atoms with Crippen LogP contribution in [0.3, 0.4) is 0 Å². The lowest BCUT2D eigenvalue weighted by Gasteiger charge is -2.08. The second kappa shape index (κ2) is 7.86. The molecule has 0 N–H and O–H groups in total. The van der Waals surface area contributed by atoms with Crippen molar-refractivity contribution in [1.29, 1.82) is 0 Å². The van der Waals surface area contributed by atoms with Gasteiger partial charge in [-0.25, -0.2) is 14.5 Å². The second-order valence-electron chi connectivity index (χ2n) is 7.19. The third-order valence-corrected chi connectivity index (χ3v) is 6.78. The van der Waals surface area contributed by atoms with E-state index in [1.807, 2.05) is 29.8 Å². The number of methoxy groups -OCH3 is 2. The van der Waals surface area contributed by atoms with Crippen molar-refractivity contribution in [2.75, 3.05) is 14.2 Å². The summed E-state index contributed by atoms with van der Waals surface area (Å²) in [5.74, 6) is 2.35. The van der Waals surface area contributed by atoms with Gasteiger partial charge in [0.15, 0.2) is 5.76 Å². The fourth-order valence-corrected chi connectivity index (χ4v) is 4.65. The number of benzene rings is 1. The maximum absolute atomic E-state index is 6.12. The highest BCUT2D eigenvalue weighted by Crippen LogP contribution is 2.37. The molecule has 0 aliphatic heterocycles. The van der Waals surface area contributed by atoms with E-state index in [0.29, 0.717) is 46.3 Å². The van der Waals surface area contributed by atoms with Crippen molar-refractivity contribution in [2.24, 2.45) is 0 Å². The highest BCUT2D eigenvalue weighted by Gasteiger charge is 2.17. The van der Waals surface area contributed by atoms with Crippen molar-refractivity contribution in [1.82, 2.24) is 19.6 Å². The topological polar surface area (TPSA) is 83.9 Å². The maximum atomic E-state index is 6.12. The molecule has 0 fully saturated rings. The minimum absolute atomic E-state index is 0.371. The number of ether oxygens (including phenoxy) is 3. The average molecular weight is 457 g/mol. The van der Waals surface area contributed by atoms with Gasteiger partial charge in [0.1, 0.15) is 29.4 Å². The first-order valence-corrected chi connectivity index (χ1v) is 11.3. The SMILES string of the molecule is COc1cc(OCc2csc(C(C)C)n2)c2cc(-c3cn4nc(OC)sc4n3)oc2c1. The van der Waals surface area contributed by atoms with Crippen LogP contribution in [0.1, 0.15) is 30.5 Å². The lowest BCUT2D eigenvalue weighted by atomic mass is 10.2. The summed E-state index contributed by atoms with van der Waals surface area (Å²) in [6.07, 6.45) is 1.81. The lowest BCUT2D eigenvalue weighted by molar-refractivity contribution is 0.303. The molecular formula is C21H20N4O4S2. The summed E-state index contributed by atoms with van der Waals surface area (Å²) in [6.45, 7) is 4.64. The molecule has 4 heterocycles. The number of nitrogens with zero attached hydrogens (tertiary/aromatic N) is 4. The standard InChI is InChI=1S/C21H20N4O4S2/c1-11(2)19-22-12(10-30-19)9-28-16-5-13(26-3)6-17-14(16)7-18(29-17)15-8-25-20(23-15)31-21(24-25)27-4/h5-8,10-11H,9H2,1-4H3. The molecule has 0 aliphatic rings. The molecule has 0 unspecified atom stereocenters. The van der Waals surface area contributed by atoms with Gasteiger partial charge in [0.2, 0.25) is 4.96 Å². The van der Waals surface area contributed by atoms with Crippen LogP contribution in [0.4, 0.5) is 0 Å². The fraction of sp³-hybridized carbons (Fsp3) is 0.286. The normalized spacial score (nSPS) is 11.6. The quantitative estimate of drug-likeness (QED) is 0.325. The van der Waals surface area contributed by atoms with Crippen LogP contribution in [0.2, 0.25) is 0 Å². The van der Waals surface area contributed by atoms with Crippen molar-refractivity contribution < 1.29 is 18.6 Å². The Labute approximate surface area is 186 Å². The zero-order valence-corrected chi connectivity index (χ0v) is 19.0. The van der Waals surface area contributed by atoms with E-state index in [2.05, 4.69) is 28.9 Å². The molecule has 0 aliphatic carbocycles. The Kier molecular flexibility index (Phi) is 5.03. The van der Waals surface area contributed by atoms with E-state index >= 15 is 0 Å². The third kappa shape index (κ3) is 3.72. The predicted octanol–water partition coefficient (Wildman–Crippen LogP) is 5.38. The summed E-state index contributed by atoms with van der Waals surface area (Å²) in [6, 6.07) is 5.62. The second-order valence-corrected chi connectivity index (χ2v) is 9.00. The monoisotopic (exact) mass is 456 g/mol. The molecule has 0 atom stereocenters. The van der Waals surface area contributed by atoms with Crippen molar-refractivity contribution in [2.45, 2.75) is 26.4 Å². The number of rotatable bonds is 7. The van der Waals surface area contributed by atoms with Gasteiger partial charge in [0.05, 0.1) is 36.5 Å². The number of furan rings is 1. The minimum atomic E-state index is 0.371. The van der Waals surface area contributed by atoms with Crippen LogP contribution in [0.15, 0.2) is 34.2 Å². The zero-order chi connectivity index (χ0) is 21.5. The van der Waals surface area contributed by atoms with Crippen molar-refractivity contribution in [3.8, 4) is 28.1 Å². The molecule has 0 bridgehead atoms. The third-order valence-electron chi connectivity index (χ3n) is 4.70. The van der Waals surface area contributed by atoms with Crippen LogP contribution in [0, 0.1) is 0 Å². The molecule has 31 heavy (non-hydrogen) atoms. The van der Waals surface area contributed by atoms with E-state index in [4.69, 9.17) is 18.6 Å². The minimum Gasteiger partial charge on any atom is -0.496 e. The number of imidazole rings is 1. The average Bonchev–Trinajstić information content (AvgIpc) is 3.53. The Morgan fingerprint density at radius 3 is 2.71 bits per heavy atom. The molecule has 0 amide bonds. The number of hydrogen-bond donors (Lipinski definition) is 0. The number of thiazole rings is 1. The van der Waals surface area contributed by atoms with Gasteiger partial charge in [-0.05, 0) is 17.4 Å². The van der Waals surface area contributed by atoms with E-state index < -0.39 is 0 Å². The lowest BCUT2D eigenvalue weighted by Crippen LogP contribution is -1.97. The largest absolute Gasteiger partial charge is 0.496 e. The molecule has 0 saturated heterocycles. The van der Waals surface area contributed by atoms with Crippen molar-refractivity contribution in [3.63, 3.8) is 0 Å². The van der Waals surface area contributed by atoms with Crippen molar-refractivity contribution >= 4 is 38.6 Å². The predicted molar refractivity (Wildman–Crippen MR) is 120 cm³/mol. The molecule has 0 radical (unpaired) electrons. The zero-order valence-electron chi connectivity index (χ0n) is 17.4. The summed E-state index contributed by atoms with van der Waals surface area (Å²) >= 11 is 3.02. The smallest absolute Gasteiger partial charge is 0.294 e. The first-order valence-electron chi connectivity index (χ1n) is 9.63. The molecule has 160 valence electrons. The molecule has 4 aromatic heterocycles. The fourth-order valence-electron chi connectivity index (χ4n) is 3.14. The molecule has 5 rings (SSSR count). The van der Waals surface area contributed by atoms with E-state index in [0.717, 1.165) is 21.0 Å². The molecule has 10 heteroatoms. The van der Waals surface area contributed by atoms with Gasteiger partial charge in [0.25, 0.3) is 5.19 Å². The number of fused-ring (bicyclic) bond motifs is 2. The van der Waals surface area contributed by atoms with Gasteiger partial charge in [-0.3, -0.25) is 0 Å². The molecule has 0 spiro atoms. The molecule has 5 aromatic rings. The van der Waals surface area contributed by atoms with Gasteiger partial charge in [-0.2, -0.15) is 0 Å². The Morgan fingerprint density at radius 2 is 2.00 bits per heavy atom. The Balaban J connectivity index is 1.48. The van der Waals surface area contributed by atoms with E-state index in [1.54, 1.807) is 30.1 Å². The van der Waals surface area contributed by atoms with Gasteiger partial charge in [0, 0.05) is 23.4 Å². The van der Waals surface area contributed by atoms with Gasteiger partial charge < -0.3 is 18.6 Å². The van der Waals surface area contributed by atoms with Crippen LogP contribution in [-0.2, 0) is 6.61 Å². The summed E-state index contributed by atoms with van der Waals surface area (Å²) in [5, 5.41) is 8.85. The Hall–Kier alpha value is -3.11. The van der Waals surface area contributed by atoms with Gasteiger partial charge >= 0.3 is 0 Å². The highest BCUT2D eigenvalue weighted by molar-refractivity contribution is 7.18. The summed E-state index contributed by atoms with van der Waals surface area (Å²) in [5.41, 5.74) is 2.25. The first kappa shape index (κ1) is 19.8. The summed E-state index contributed by atoms with van der Waals surface area (Å²) in [4.78, 5) is 9.97. The Morgan fingerprint density at radius 1 is 1.13 bits per heavy atom. The molecule has 8 nitrogen and oxygen atoms in total. The van der Waals surface area contributed by atoms with Crippen LogP contribution in [0.25, 0.3) is 27.4 Å². The molecule has 0 saturated carbocycles. The van der Waals surface area contributed by atoms with Gasteiger partial charge in [-0.1, -0.05) is 13.8 Å². The van der Waals surface area contributed by atoms with E-state index in [1.165, 1.54) is 11.3 Å². The molecular weight excluding hydrogens is 436 g/mol. The first-order chi connectivity index (χ1) is 15.0. The van der Waals surface area contributed by atoms with Crippen LogP contribution >= 0.6 is 22.7 Å². The van der Waals surface area contributed by atoms with Crippen LogP contribution in [0.5, 0.6) is 16.7 Å². The summed E-state index contributed by atoms with van der Waals surface area (Å²) < 4.78 is 24.5. The highest BCUT2D eigenvalue weighted by atomic mass is 32.1. The number of hydrogen-bond acceptors (Lipinski definition) is 9. The number of aromatic nitrogens is 4. The summed E-state index contributed by atoms with van der Waals surface area (Å²) in [7, 11) is 3.20. The maximum Gasteiger partial charge on any atom is 0.294 e. The van der Waals surface area contributed by atoms with E-state index in [9.17, 15) is 0 Å². The van der Waals surface area contributed by atoms with Crippen molar-refractivity contribution in [3.05, 3.63) is 40.5 Å². The van der Waals surface area contributed by atoms with Crippen LogP contribution in [-0.4, -0.2) is 33.8 Å². The van der Waals surface area contributed by atoms with Gasteiger partial charge in [-0.15, -0.1) is 16.4 Å². The molecule has 1 aromatic carbocycles. The van der Waals surface area contributed by atoms with E-state index in [-0.39, 0.29) is 0 Å².